The lowest BCUT2D eigenvalue weighted by atomic mass is 10.2. The van der Waals surface area contributed by atoms with Gasteiger partial charge in [0.05, 0.1) is 9.85 Å². The Hall–Kier alpha value is -4.68. The molecule has 1 amide bonds. The van der Waals surface area contributed by atoms with Crippen molar-refractivity contribution in [2.75, 3.05) is 10.7 Å². The fourth-order valence-electron chi connectivity index (χ4n) is 2.33. The lowest BCUT2D eigenvalue weighted by Crippen LogP contribution is -2.30. The molecule has 2 aromatic carbocycles. The van der Waals surface area contributed by atoms with Gasteiger partial charge in [-0.3, -0.25) is 35.9 Å². The van der Waals surface area contributed by atoms with E-state index in [9.17, 15) is 29.4 Å². The van der Waals surface area contributed by atoms with Crippen molar-refractivity contribution >= 4 is 34.6 Å². The maximum atomic E-state index is 13.0. The largest absolute Gasteiger partial charge is 0.355 e. The number of nitrogens with one attached hydrogen (secondary N) is 3. The highest BCUT2D eigenvalue weighted by Crippen LogP contribution is 2.30. The van der Waals surface area contributed by atoms with E-state index in [0.717, 1.165) is 18.5 Å². The van der Waals surface area contributed by atoms with Gasteiger partial charge in [-0.05, 0) is 36.4 Å². The second kappa shape index (κ2) is 8.55. The van der Waals surface area contributed by atoms with Gasteiger partial charge in [0.15, 0.2) is 0 Å². The van der Waals surface area contributed by atoms with Crippen LogP contribution in [0, 0.1) is 26.0 Å². The summed E-state index contributed by atoms with van der Waals surface area (Å²) in [7, 11) is 0. The molecule has 0 saturated carbocycles. The lowest BCUT2D eigenvalue weighted by Gasteiger charge is -2.11. The van der Waals surface area contributed by atoms with Crippen LogP contribution >= 0.6 is 0 Å². The molecule has 0 atom stereocenters. The second-order valence-corrected chi connectivity index (χ2v) is 5.69. The Morgan fingerprint density at radius 1 is 0.900 bits per heavy atom. The van der Waals surface area contributed by atoms with Crippen LogP contribution in [-0.2, 0) is 0 Å². The number of nitrogens with zero attached hydrogens (tertiary/aromatic N) is 4. The van der Waals surface area contributed by atoms with Crippen LogP contribution in [0.15, 0.2) is 54.9 Å². The fraction of sp³-hybridized carbons (Fsp3) is 0. The molecule has 3 aromatic rings. The van der Waals surface area contributed by atoms with E-state index in [-0.39, 0.29) is 22.9 Å². The number of halogens is 1. The summed E-state index contributed by atoms with van der Waals surface area (Å²) < 4.78 is 13.0. The quantitative estimate of drug-likeness (QED) is 0.390. The standard InChI is InChI=1S/C17H12FN7O5/c18-11-3-5-12(6-4-11)21-15-14(25(29)30)16(20-9-19-15)22-23-17(26)10-1-7-13(8-2-10)24(27)28/h1-9H,(H,23,26)(H2,19,20,21,22). The van der Waals surface area contributed by atoms with E-state index in [2.05, 4.69) is 26.1 Å². The van der Waals surface area contributed by atoms with Crippen molar-refractivity contribution in [3.8, 4) is 0 Å². The highest BCUT2D eigenvalue weighted by molar-refractivity contribution is 5.95. The molecule has 0 radical (unpaired) electrons. The first-order valence-corrected chi connectivity index (χ1v) is 8.18. The molecule has 13 heteroatoms. The van der Waals surface area contributed by atoms with Gasteiger partial charge in [-0.2, -0.15) is 0 Å². The Morgan fingerprint density at radius 2 is 1.53 bits per heavy atom. The van der Waals surface area contributed by atoms with Gasteiger partial charge in [0, 0.05) is 23.4 Å². The highest BCUT2D eigenvalue weighted by atomic mass is 19.1. The van der Waals surface area contributed by atoms with Crippen molar-refractivity contribution in [2.45, 2.75) is 0 Å². The van der Waals surface area contributed by atoms with Gasteiger partial charge < -0.3 is 5.32 Å². The van der Waals surface area contributed by atoms with Crippen LogP contribution in [0.5, 0.6) is 0 Å². The number of nitro groups is 2. The maximum Gasteiger partial charge on any atom is 0.355 e. The Labute approximate surface area is 167 Å². The van der Waals surface area contributed by atoms with Gasteiger partial charge in [-0.15, -0.1) is 0 Å². The molecule has 152 valence electrons. The molecule has 1 aromatic heterocycles. The summed E-state index contributed by atoms with van der Waals surface area (Å²) >= 11 is 0. The minimum Gasteiger partial charge on any atom is -0.334 e. The first-order chi connectivity index (χ1) is 14.3. The van der Waals surface area contributed by atoms with E-state index >= 15 is 0 Å². The van der Waals surface area contributed by atoms with Crippen LogP contribution in [0.4, 0.5) is 33.1 Å². The number of benzene rings is 2. The summed E-state index contributed by atoms with van der Waals surface area (Å²) in [6.45, 7) is 0. The molecule has 30 heavy (non-hydrogen) atoms. The zero-order valence-electron chi connectivity index (χ0n) is 14.9. The zero-order valence-corrected chi connectivity index (χ0v) is 14.9. The molecular formula is C17H12FN7O5. The Bertz CT molecular complexity index is 1110. The molecule has 0 spiro atoms. The third kappa shape index (κ3) is 4.59. The molecule has 0 aliphatic carbocycles. The smallest absolute Gasteiger partial charge is 0.334 e. The Kier molecular flexibility index (Phi) is 5.72. The van der Waals surface area contributed by atoms with Gasteiger partial charge >= 0.3 is 5.69 Å². The molecule has 3 N–H and O–H groups in total. The van der Waals surface area contributed by atoms with Crippen molar-refractivity contribution in [3.05, 3.63) is 86.5 Å². The average molecular weight is 413 g/mol. The van der Waals surface area contributed by atoms with E-state index in [4.69, 9.17) is 0 Å². The number of amides is 1. The number of hydrogen-bond donors (Lipinski definition) is 3. The summed E-state index contributed by atoms with van der Waals surface area (Å²) in [5.74, 6) is -1.68. The first kappa shape index (κ1) is 20.1. The Balaban J connectivity index is 1.78. The van der Waals surface area contributed by atoms with E-state index in [0.29, 0.717) is 5.69 Å². The third-order valence-corrected chi connectivity index (χ3v) is 3.75. The number of carbonyl (C=O) groups excluding carboxylic acids is 1. The highest BCUT2D eigenvalue weighted by Gasteiger charge is 2.24. The predicted molar refractivity (Wildman–Crippen MR) is 103 cm³/mol. The molecule has 0 bridgehead atoms. The number of carbonyl (C=O) groups is 1. The van der Waals surface area contributed by atoms with Crippen LogP contribution in [0.2, 0.25) is 0 Å². The summed E-state index contributed by atoms with van der Waals surface area (Å²) in [5.41, 5.74) is 4.23. The number of anilines is 3. The van der Waals surface area contributed by atoms with E-state index < -0.39 is 27.3 Å². The van der Waals surface area contributed by atoms with Crippen LogP contribution in [0.25, 0.3) is 0 Å². The SMILES string of the molecule is O=C(NNc1ncnc(Nc2ccc(F)cc2)c1[N+](=O)[O-])c1ccc([N+](=O)[O-])cc1. The molecule has 1 heterocycles. The van der Waals surface area contributed by atoms with Crippen molar-refractivity contribution < 1.29 is 19.0 Å². The van der Waals surface area contributed by atoms with Gasteiger partial charge in [0.25, 0.3) is 11.6 Å². The summed E-state index contributed by atoms with van der Waals surface area (Å²) in [6, 6.07) is 9.81. The number of aromatic nitrogens is 2. The van der Waals surface area contributed by atoms with E-state index in [1.54, 1.807) is 0 Å². The molecule has 0 fully saturated rings. The van der Waals surface area contributed by atoms with Crippen LogP contribution in [-0.4, -0.2) is 25.7 Å². The van der Waals surface area contributed by atoms with E-state index in [1.165, 1.54) is 36.4 Å². The molecular weight excluding hydrogens is 401 g/mol. The van der Waals surface area contributed by atoms with Gasteiger partial charge in [-0.1, -0.05) is 0 Å². The molecule has 0 aliphatic rings. The van der Waals surface area contributed by atoms with Crippen LogP contribution in [0.3, 0.4) is 0 Å². The first-order valence-electron chi connectivity index (χ1n) is 8.18. The van der Waals surface area contributed by atoms with Crippen molar-refractivity contribution in [1.29, 1.82) is 0 Å². The van der Waals surface area contributed by atoms with Crippen molar-refractivity contribution in [1.82, 2.24) is 15.4 Å². The monoisotopic (exact) mass is 413 g/mol. The zero-order chi connectivity index (χ0) is 21.7. The Morgan fingerprint density at radius 3 is 2.13 bits per heavy atom. The number of hydrogen-bond acceptors (Lipinski definition) is 9. The van der Waals surface area contributed by atoms with Gasteiger partial charge in [0.1, 0.15) is 12.1 Å². The number of rotatable bonds is 7. The fourth-order valence-corrected chi connectivity index (χ4v) is 2.33. The van der Waals surface area contributed by atoms with Crippen LogP contribution in [0.1, 0.15) is 10.4 Å². The molecule has 12 nitrogen and oxygen atoms in total. The molecule has 0 unspecified atom stereocenters. The minimum atomic E-state index is -0.758. The molecule has 3 rings (SSSR count). The number of nitro benzene ring substituents is 1. The molecule has 0 aliphatic heterocycles. The second-order valence-electron chi connectivity index (χ2n) is 5.69. The predicted octanol–water partition coefficient (Wildman–Crippen LogP) is 2.93. The minimum absolute atomic E-state index is 0.0782. The average Bonchev–Trinajstić information content (AvgIpc) is 2.73. The third-order valence-electron chi connectivity index (χ3n) is 3.75. The topological polar surface area (TPSA) is 165 Å². The van der Waals surface area contributed by atoms with Crippen LogP contribution < -0.4 is 16.2 Å². The lowest BCUT2D eigenvalue weighted by molar-refractivity contribution is -0.384. The van der Waals surface area contributed by atoms with Crippen molar-refractivity contribution in [3.63, 3.8) is 0 Å². The summed E-state index contributed by atoms with van der Waals surface area (Å²) in [5, 5.41) is 24.9. The maximum absolute atomic E-state index is 13.0. The summed E-state index contributed by atoms with van der Waals surface area (Å²) in [4.78, 5) is 40.6. The van der Waals surface area contributed by atoms with Gasteiger partial charge in [-0.25, -0.2) is 14.4 Å². The van der Waals surface area contributed by atoms with E-state index in [1.807, 2.05) is 0 Å². The number of hydrazine groups is 1. The normalized spacial score (nSPS) is 10.2. The number of non-ortho nitro benzene ring substituents is 1. The van der Waals surface area contributed by atoms with Gasteiger partial charge in [0.2, 0.25) is 11.6 Å². The molecule has 0 saturated heterocycles. The summed E-state index contributed by atoms with van der Waals surface area (Å²) in [6.07, 6.45) is 1.03. The van der Waals surface area contributed by atoms with Crippen molar-refractivity contribution in [2.24, 2.45) is 0 Å².